The molecule has 0 aliphatic carbocycles. The van der Waals surface area contributed by atoms with E-state index in [-0.39, 0.29) is 11.3 Å². The summed E-state index contributed by atoms with van der Waals surface area (Å²) in [6, 6.07) is 22.7. The van der Waals surface area contributed by atoms with Crippen LogP contribution in [0.15, 0.2) is 84.4 Å². The third-order valence-corrected chi connectivity index (χ3v) is 5.90. The van der Waals surface area contributed by atoms with Crippen molar-refractivity contribution in [1.29, 1.82) is 0 Å². The number of ketones is 1. The molecule has 1 N–H and O–H groups in total. The number of carbonyl (C=O) groups is 2. The molecule has 0 bridgehead atoms. The molecule has 0 radical (unpaired) electrons. The van der Waals surface area contributed by atoms with Crippen LogP contribution < -0.4 is 9.47 Å². The van der Waals surface area contributed by atoms with Crippen LogP contribution in [0.5, 0.6) is 17.2 Å². The SMILES string of the molecule is CCOc1cccc(/C(O)=C2\C(=O)C(=O)N(CCN(C)C)C2c2cccc(Oc3ccccc3)c2)c1. The van der Waals surface area contributed by atoms with Gasteiger partial charge in [0.15, 0.2) is 0 Å². The maximum Gasteiger partial charge on any atom is 0.295 e. The van der Waals surface area contributed by atoms with Crippen LogP contribution in [0, 0.1) is 0 Å². The summed E-state index contributed by atoms with van der Waals surface area (Å²) in [7, 11) is 3.80. The number of Topliss-reactive ketones (excluding diaryl/α,β-unsaturated/α-hetero) is 1. The van der Waals surface area contributed by atoms with Gasteiger partial charge in [0.25, 0.3) is 11.7 Å². The molecular formula is C29H30N2O5. The number of ether oxygens (including phenoxy) is 2. The molecule has 7 nitrogen and oxygen atoms in total. The van der Waals surface area contributed by atoms with Crippen LogP contribution in [0.3, 0.4) is 0 Å². The van der Waals surface area contributed by atoms with Crippen LogP contribution in [0.4, 0.5) is 0 Å². The maximum absolute atomic E-state index is 13.3. The normalized spacial score (nSPS) is 17.0. The summed E-state index contributed by atoms with van der Waals surface area (Å²) in [6.45, 7) is 3.21. The van der Waals surface area contributed by atoms with Gasteiger partial charge in [-0.05, 0) is 63.0 Å². The maximum atomic E-state index is 13.3. The molecule has 4 rings (SSSR count). The second kappa shape index (κ2) is 11.1. The molecule has 36 heavy (non-hydrogen) atoms. The first kappa shape index (κ1) is 25.0. The highest BCUT2D eigenvalue weighted by atomic mass is 16.5. The average molecular weight is 487 g/mol. The van der Waals surface area contributed by atoms with E-state index in [1.54, 1.807) is 30.3 Å². The Balaban J connectivity index is 1.80. The van der Waals surface area contributed by atoms with Gasteiger partial charge >= 0.3 is 0 Å². The van der Waals surface area contributed by atoms with Gasteiger partial charge in [-0.15, -0.1) is 0 Å². The van der Waals surface area contributed by atoms with Gasteiger partial charge in [0.2, 0.25) is 0 Å². The minimum absolute atomic E-state index is 0.0456. The number of rotatable bonds is 9. The number of likely N-dealkylation sites (N-methyl/N-ethyl adjacent to an activating group) is 1. The molecule has 186 valence electrons. The van der Waals surface area contributed by atoms with Gasteiger partial charge in [-0.2, -0.15) is 0 Å². The number of hydrogen-bond donors (Lipinski definition) is 1. The second-order valence-corrected chi connectivity index (χ2v) is 8.74. The zero-order valence-electron chi connectivity index (χ0n) is 20.7. The smallest absolute Gasteiger partial charge is 0.295 e. The first-order valence-corrected chi connectivity index (χ1v) is 11.9. The van der Waals surface area contributed by atoms with E-state index in [0.717, 1.165) is 0 Å². The molecule has 1 atom stereocenters. The van der Waals surface area contributed by atoms with Gasteiger partial charge in [0, 0.05) is 18.7 Å². The summed E-state index contributed by atoms with van der Waals surface area (Å²) in [6.07, 6.45) is 0. The molecule has 1 saturated heterocycles. The molecule has 0 spiro atoms. The van der Waals surface area contributed by atoms with E-state index in [4.69, 9.17) is 9.47 Å². The number of carbonyl (C=O) groups excluding carboxylic acids is 2. The third kappa shape index (κ3) is 5.42. The first-order valence-electron chi connectivity index (χ1n) is 11.9. The minimum atomic E-state index is -0.764. The fourth-order valence-corrected chi connectivity index (χ4v) is 4.19. The Morgan fingerprint density at radius 1 is 0.917 bits per heavy atom. The highest BCUT2D eigenvalue weighted by molar-refractivity contribution is 6.46. The lowest BCUT2D eigenvalue weighted by molar-refractivity contribution is -0.140. The molecule has 7 heteroatoms. The standard InChI is InChI=1S/C29H30N2O5/c1-4-35-23-14-9-11-21(19-23)27(32)25-26(31(17-16-30(2)3)29(34)28(25)33)20-10-8-15-24(18-20)36-22-12-6-5-7-13-22/h5-15,18-19,26,32H,4,16-17H2,1-3H3/b27-25+. The summed E-state index contributed by atoms with van der Waals surface area (Å²) in [5.41, 5.74) is 1.13. The largest absolute Gasteiger partial charge is 0.507 e. The van der Waals surface area contributed by atoms with Crippen molar-refractivity contribution in [3.8, 4) is 17.2 Å². The molecule has 1 unspecified atom stereocenters. The number of aliphatic hydroxyl groups is 1. The summed E-state index contributed by atoms with van der Waals surface area (Å²) in [4.78, 5) is 29.9. The lowest BCUT2D eigenvalue weighted by Gasteiger charge is -2.27. The van der Waals surface area contributed by atoms with Crippen molar-refractivity contribution in [2.24, 2.45) is 0 Å². The van der Waals surface area contributed by atoms with Crippen molar-refractivity contribution >= 4 is 17.4 Å². The molecule has 3 aromatic carbocycles. The number of aliphatic hydroxyl groups excluding tert-OH is 1. The quantitative estimate of drug-likeness (QED) is 0.264. The number of nitrogens with zero attached hydrogens (tertiary/aromatic N) is 2. The molecule has 1 aliphatic rings. The Hall–Kier alpha value is -4.10. The van der Waals surface area contributed by atoms with Crippen LogP contribution in [0.25, 0.3) is 5.76 Å². The molecule has 0 aromatic heterocycles. The Morgan fingerprint density at radius 2 is 1.61 bits per heavy atom. The number of hydrogen-bond acceptors (Lipinski definition) is 6. The number of likely N-dealkylation sites (tertiary alicyclic amines) is 1. The van der Waals surface area contributed by atoms with Crippen LogP contribution in [-0.4, -0.2) is 60.4 Å². The van der Waals surface area contributed by atoms with Gasteiger partial charge < -0.3 is 24.4 Å². The summed E-state index contributed by atoms with van der Waals surface area (Å²) < 4.78 is 11.6. The fraction of sp³-hybridized carbons (Fsp3) is 0.241. The molecule has 0 saturated carbocycles. The molecular weight excluding hydrogens is 456 g/mol. The van der Waals surface area contributed by atoms with Crippen molar-refractivity contribution in [2.75, 3.05) is 33.8 Å². The zero-order chi connectivity index (χ0) is 25.7. The fourth-order valence-electron chi connectivity index (χ4n) is 4.19. The Kier molecular flexibility index (Phi) is 7.71. The van der Waals surface area contributed by atoms with Gasteiger partial charge in [-0.1, -0.05) is 42.5 Å². The Bertz CT molecular complexity index is 1270. The molecule has 1 fully saturated rings. The van der Waals surface area contributed by atoms with Gasteiger partial charge in [0.1, 0.15) is 23.0 Å². The van der Waals surface area contributed by atoms with E-state index in [1.807, 2.05) is 74.4 Å². The topological polar surface area (TPSA) is 79.3 Å². The first-order chi connectivity index (χ1) is 17.4. The van der Waals surface area contributed by atoms with Crippen molar-refractivity contribution in [3.05, 3.63) is 95.6 Å². The monoisotopic (exact) mass is 486 g/mol. The highest BCUT2D eigenvalue weighted by Crippen LogP contribution is 2.40. The third-order valence-electron chi connectivity index (χ3n) is 5.90. The summed E-state index contributed by atoms with van der Waals surface area (Å²) in [5, 5.41) is 11.3. The van der Waals surface area contributed by atoms with Crippen LogP contribution in [0.2, 0.25) is 0 Å². The lowest BCUT2D eigenvalue weighted by Crippen LogP contribution is -2.35. The predicted molar refractivity (Wildman–Crippen MR) is 138 cm³/mol. The highest BCUT2D eigenvalue weighted by Gasteiger charge is 2.46. The average Bonchev–Trinajstić information content (AvgIpc) is 3.13. The van der Waals surface area contributed by atoms with Crippen molar-refractivity contribution in [1.82, 2.24) is 9.80 Å². The second-order valence-electron chi connectivity index (χ2n) is 8.74. The number of para-hydroxylation sites is 1. The van der Waals surface area contributed by atoms with Crippen LogP contribution >= 0.6 is 0 Å². The van der Waals surface area contributed by atoms with E-state index in [0.29, 0.717) is 48.1 Å². The Morgan fingerprint density at radius 3 is 2.33 bits per heavy atom. The molecule has 1 amide bonds. The van der Waals surface area contributed by atoms with Crippen molar-refractivity contribution in [3.63, 3.8) is 0 Å². The lowest BCUT2D eigenvalue weighted by atomic mass is 9.95. The molecule has 1 aliphatic heterocycles. The predicted octanol–water partition coefficient (Wildman–Crippen LogP) is 4.86. The number of amides is 1. The van der Waals surface area contributed by atoms with Gasteiger partial charge in [-0.25, -0.2) is 0 Å². The molecule has 3 aromatic rings. The van der Waals surface area contributed by atoms with Gasteiger partial charge in [-0.3, -0.25) is 9.59 Å². The van der Waals surface area contributed by atoms with Crippen molar-refractivity contribution in [2.45, 2.75) is 13.0 Å². The summed E-state index contributed by atoms with van der Waals surface area (Å²) in [5.74, 6) is 0.213. The van der Waals surface area contributed by atoms with Crippen LogP contribution in [-0.2, 0) is 9.59 Å². The minimum Gasteiger partial charge on any atom is -0.507 e. The number of benzene rings is 3. The zero-order valence-corrected chi connectivity index (χ0v) is 20.7. The molecule has 1 heterocycles. The van der Waals surface area contributed by atoms with Gasteiger partial charge in [0.05, 0.1) is 18.2 Å². The van der Waals surface area contributed by atoms with E-state index >= 15 is 0 Å². The van der Waals surface area contributed by atoms with E-state index in [2.05, 4.69) is 0 Å². The Labute approximate surface area is 211 Å². The van der Waals surface area contributed by atoms with Crippen LogP contribution in [0.1, 0.15) is 24.1 Å². The van der Waals surface area contributed by atoms with E-state index < -0.39 is 17.7 Å². The summed E-state index contributed by atoms with van der Waals surface area (Å²) >= 11 is 0. The van der Waals surface area contributed by atoms with Crippen molar-refractivity contribution < 1.29 is 24.2 Å². The van der Waals surface area contributed by atoms with E-state index in [1.165, 1.54) is 4.90 Å². The van der Waals surface area contributed by atoms with E-state index in [9.17, 15) is 14.7 Å².